The second-order valence-corrected chi connectivity index (χ2v) is 7.04. The van der Waals surface area contributed by atoms with Crippen LogP contribution in [0.2, 0.25) is 0 Å². The Kier molecular flexibility index (Phi) is 6.40. The molecule has 1 N–H and O–H groups in total. The summed E-state index contributed by atoms with van der Waals surface area (Å²) in [6.07, 6.45) is -2.48. The van der Waals surface area contributed by atoms with Gasteiger partial charge in [0, 0.05) is 38.9 Å². The minimum Gasteiger partial charge on any atom is -0.350 e. The lowest BCUT2D eigenvalue weighted by Crippen LogP contribution is -2.33. The SMILES string of the molecule is CC(CCS(C)=O)NC(=O)c1ccc(Br)c(C(F)(F)F)c1. The Bertz CT molecular complexity index is 549. The number of hydrogen-bond acceptors (Lipinski definition) is 2. The number of alkyl halides is 3. The van der Waals surface area contributed by atoms with Crippen LogP contribution in [0.4, 0.5) is 13.2 Å². The molecule has 3 nitrogen and oxygen atoms in total. The van der Waals surface area contributed by atoms with Crippen LogP contribution >= 0.6 is 15.9 Å². The summed E-state index contributed by atoms with van der Waals surface area (Å²) in [5.74, 6) is -0.155. The van der Waals surface area contributed by atoms with Crippen LogP contribution < -0.4 is 5.32 Å². The topological polar surface area (TPSA) is 46.2 Å². The molecule has 0 radical (unpaired) electrons. The number of carbonyl (C=O) groups excluding carboxylic acids is 1. The predicted octanol–water partition coefficient (Wildman–Crippen LogP) is 3.35. The van der Waals surface area contributed by atoms with Gasteiger partial charge in [-0.2, -0.15) is 13.2 Å². The number of halogens is 4. The Labute approximate surface area is 131 Å². The minimum absolute atomic E-state index is 0.0602. The van der Waals surface area contributed by atoms with Crippen molar-refractivity contribution in [2.75, 3.05) is 12.0 Å². The number of rotatable bonds is 5. The van der Waals surface area contributed by atoms with Crippen LogP contribution in [-0.4, -0.2) is 28.2 Å². The molecule has 0 aromatic heterocycles. The first-order chi connectivity index (χ1) is 9.61. The first-order valence-corrected chi connectivity index (χ1v) is 8.61. The van der Waals surface area contributed by atoms with Crippen LogP contribution in [0.25, 0.3) is 0 Å². The van der Waals surface area contributed by atoms with Crippen molar-refractivity contribution >= 4 is 32.6 Å². The highest BCUT2D eigenvalue weighted by Crippen LogP contribution is 2.35. The van der Waals surface area contributed by atoms with E-state index in [2.05, 4.69) is 21.2 Å². The van der Waals surface area contributed by atoms with Crippen LogP contribution in [0.1, 0.15) is 29.3 Å². The summed E-state index contributed by atoms with van der Waals surface area (Å²) in [5.41, 5.74) is -0.951. The highest BCUT2D eigenvalue weighted by Gasteiger charge is 2.33. The van der Waals surface area contributed by atoms with E-state index in [1.54, 1.807) is 13.2 Å². The van der Waals surface area contributed by atoms with Crippen molar-refractivity contribution < 1.29 is 22.2 Å². The van der Waals surface area contributed by atoms with Crippen molar-refractivity contribution in [3.05, 3.63) is 33.8 Å². The van der Waals surface area contributed by atoms with Crippen LogP contribution in [0, 0.1) is 0 Å². The van der Waals surface area contributed by atoms with E-state index < -0.39 is 28.4 Å². The van der Waals surface area contributed by atoms with Gasteiger partial charge in [0.1, 0.15) is 0 Å². The highest BCUT2D eigenvalue weighted by molar-refractivity contribution is 9.10. The fourth-order valence-corrected chi connectivity index (χ4v) is 2.76. The Morgan fingerprint density at radius 1 is 1.43 bits per heavy atom. The molecule has 1 amide bonds. The maximum atomic E-state index is 12.8. The minimum atomic E-state index is -4.53. The van der Waals surface area contributed by atoms with Gasteiger partial charge in [-0.15, -0.1) is 0 Å². The number of amides is 1. The van der Waals surface area contributed by atoms with E-state index in [1.165, 1.54) is 12.1 Å². The number of benzene rings is 1. The zero-order valence-corrected chi connectivity index (χ0v) is 13.9. The fraction of sp³-hybridized carbons (Fsp3) is 0.462. The summed E-state index contributed by atoms with van der Waals surface area (Å²) in [7, 11) is -0.970. The molecule has 0 heterocycles. The van der Waals surface area contributed by atoms with Gasteiger partial charge in [-0.25, -0.2) is 0 Å². The maximum Gasteiger partial charge on any atom is 0.417 e. The molecule has 21 heavy (non-hydrogen) atoms. The number of nitrogens with one attached hydrogen (secondary N) is 1. The van der Waals surface area contributed by atoms with Crippen molar-refractivity contribution in [1.82, 2.24) is 5.32 Å². The summed E-state index contributed by atoms with van der Waals surface area (Å²) >= 11 is 2.82. The third-order valence-corrected chi connectivity index (χ3v) is 4.25. The van der Waals surface area contributed by atoms with E-state index in [0.717, 1.165) is 6.07 Å². The molecule has 0 bridgehead atoms. The van der Waals surface area contributed by atoms with Crippen molar-refractivity contribution in [1.29, 1.82) is 0 Å². The summed E-state index contributed by atoms with van der Waals surface area (Å²) < 4.78 is 49.2. The molecule has 1 aromatic rings. The van der Waals surface area contributed by atoms with E-state index in [1.807, 2.05) is 0 Å². The molecule has 2 atom stereocenters. The van der Waals surface area contributed by atoms with Crippen molar-refractivity contribution in [2.24, 2.45) is 0 Å². The Hall–Kier alpha value is -0.890. The van der Waals surface area contributed by atoms with E-state index in [0.29, 0.717) is 12.2 Å². The number of carbonyl (C=O) groups is 1. The molecule has 0 fully saturated rings. The van der Waals surface area contributed by atoms with Crippen LogP contribution in [-0.2, 0) is 17.0 Å². The van der Waals surface area contributed by atoms with Gasteiger partial charge in [-0.05, 0) is 31.5 Å². The molecular formula is C13H15BrF3NO2S. The van der Waals surface area contributed by atoms with E-state index in [4.69, 9.17) is 0 Å². The maximum absolute atomic E-state index is 12.8. The molecule has 118 valence electrons. The molecule has 1 aromatic carbocycles. The zero-order valence-electron chi connectivity index (χ0n) is 11.5. The average molecular weight is 386 g/mol. The van der Waals surface area contributed by atoms with Gasteiger partial charge in [0.15, 0.2) is 0 Å². The Morgan fingerprint density at radius 3 is 2.57 bits per heavy atom. The smallest absolute Gasteiger partial charge is 0.350 e. The first kappa shape index (κ1) is 18.2. The summed E-state index contributed by atoms with van der Waals surface area (Å²) in [6.45, 7) is 1.72. The van der Waals surface area contributed by atoms with Gasteiger partial charge >= 0.3 is 6.18 Å². The monoisotopic (exact) mass is 385 g/mol. The lowest BCUT2D eigenvalue weighted by Gasteiger charge is -2.15. The van der Waals surface area contributed by atoms with Crippen LogP contribution in [0.5, 0.6) is 0 Å². The molecule has 8 heteroatoms. The largest absolute Gasteiger partial charge is 0.417 e. The normalized spacial score (nSPS) is 14.6. The lowest BCUT2D eigenvalue weighted by molar-refractivity contribution is -0.138. The second kappa shape index (κ2) is 7.40. The molecule has 0 aliphatic rings. The zero-order chi connectivity index (χ0) is 16.2. The van der Waals surface area contributed by atoms with Crippen molar-refractivity contribution in [3.63, 3.8) is 0 Å². The van der Waals surface area contributed by atoms with E-state index in [-0.39, 0.29) is 16.1 Å². The first-order valence-electron chi connectivity index (χ1n) is 6.09. The number of hydrogen-bond donors (Lipinski definition) is 1. The molecule has 0 spiro atoms. The summed E-state index contributed by atoms with van der Waals surface area (Å²) in [4.78, 5) is 11.9. The van der Waals surface area contributed by atoms with Gasteiger partial charge in [-0.3, -0.25) is 9.00 Å². The Balaban J connectivity index is 2.82. The molecule has 2 unspecified atom stereocenters. The third-order valence-electron chi connectivity index (χ3n) is 2.75. The van der Waals surface area contributed by atoms with Gasteiger partial charge in [0.2, 0.25) is 0 Å². The lowest BCUT2D eigenvalue weighted by atomic mass is 10.1. The van der Waals surface area contributed by atoms with Gasteiger partial charge < -0.3 is 5.32 Å². The molecular weight excluding hydrogens is 371 g/mol. The molecule has 0 saturated carbocycles. The molecule has 0 aliphatic heterocycles. The summed E-state index contributed by atoms with van der Waals surface area (Å²) in [5, 5.41) is 2.59. The third kappa shape index (κ3) is 5.78. The highest BCUT2D eigenvalue weighted by atomic mass is 79.9. The molecule has 1 rings (SSSR count). The predicted molar refractivity (Wildman–Crippen MR) is 79.6 cm³/mol. The van der Waals surface area contributed by atoms with Crippen LogP contribution in [0.3, 0.4) is 0 Å². The fourth-order valence-electron chi connectivity index (χ4n) is 1.61. The quantitative estimate of drug-likeness (QED) is 0.844. The van der Waals surface area contributed by atoms with Crippen LogP contribution in [0.15, 0.2) is 22.7 Å². The average Bonchev–Trinajstić information content (AvgIpc) is 2.35. The molecule has 0 aliphatic carbocycles. The van der Waals surface area contributed by atoms with E-state index in [9.17, 15) is 22.2 Å². The molecule has 0 saturated heterocycles. The van der Waals surface area contributed by atoms with Crippen molar-refractivity contribution in [3.8, 4) is 0 Å². The van der Waals surface area contributed by atoms with Gasteiger partial charge in [-0.1, -0.05) is 15.9 Å². The standard InChI is InChI=1S/C13H15BrF3NO2S/c1-8(5-6-21(2)20)18-12(19)9-3-4-11(14)10(7-9)13(15,16)17/h3-4,7-8H,5-6H2,1-2H3,(H,18,19). The van der Waals surface area contributed by atoms with Gasteiger partial charge in [0.05, 0.1) is 5.56 Å². The van der Waals surface area contributed by atoms with E-state index >= 15 is 0 Å². The summed E-state index contributed by atoms with van der Waals surface area (Å²) in [6, 6.07) is 3.06. The Morgan fingerprint density at radius 2 is 2.05 bits per heavy atom. The second-order valence-electron chi connectivity index (χ2n) is 4.63. The van der Waals surface area contributed by atoms with Crippen molar-refractivity contribution in [2.45, 2.75) is 25.6 Å². The van der Waals surface area contributed by atoms with Gasteiger partial charge in [0.25, 0.3) is 5.91 Å².